The summed E-state index contributed by atoms with van der Waals surface area (Å²) in [7, 11) is -4.34. The molecular formula is C4H9O5P. The van der Waals surface area contributed by atoms with E-state index in [4.69, 9.17) is 14.9 Å². The minimum absolute atomic E-state index is 0.162. The lowest BCUT2D eigenvalue weighted by molar-refractivity contribution is 0.215. The molecule has 0 aromatic carbocycles. The quantitative estimate of drug-likeness (QED) is 0.394. The Hall–Kier alpha value is -0.190. The second-order valence-electron chi connectivity index (χ2n) is 1.44. The van der Waals surface area contributed by atoms with Crippen molar-refractivity contribution in [3.05, 3.63) is 12.2 Å². The lowest BCUT2D eigenvalue weighted by Crippen LogP contribution is -1.87. The van der Waals surface area contributed by atoms with Crippen LogP contribution in [0.2, 0.25) is 0 Å². The predicted octanol–water partition coefficient (Wildman–Crippen LogP) is -0.356. The van der Waals surface area contributed by atoms with Crippen molar-refractivity contribution in [1.82, 2.24) is 0 Å². The van der Waals surface area contributed by atoms with E-state index in [9.17, 15) is 4.57 Å². The van der Waals surface area contributed by atoms with Gasteiger partial charge in [-0.2, -0.15) is 0 Å². The van der Waals surface area contributed by atoms with Crippen LogP contribution < -0.4 is 0 Å². The van der Waals surface area contributed by atoms with Gasteiger partial charge in [0.1, 0.15) is 0 Å². The molecule has 0 radical (unpaired) electrons. The van der Waals surface area contributed by atoms with Crippen LogP contribution in [-0.4, -0.2) is 28.1 Å². The molecule has 0 aliphatic carbocycles. The summed E-state index contributed by atoms with van der Waals surface area (Å²) in [5, 5.41) is 8.16. The van der Waals surface area contributed by atoms with Gasteiger partial charge in [-0.1, -0.05) is 12.2 Å². The Morgan fingerprint density at radius 3 is 2.40 bits per heavy atom. The molecule has 3 N–H and O–H groups in total. The molecule has 0 heterocycles. The van der Waals surface area contributed by atoms with Gasteiger partial charge in [-0.05, 0) is 0 Å². The van der Waals surface area contributed by atoms with Gasteiger partial charge in [-0.3, -0.25) is 4.52 Å². The smallest absolute Gasteiger partial charge is 0.392 e. The summed E-state index contributed by atoms with van der Waals surface area (Å²) in [5.41, 5.74) is 0. The second kappa shape index (κ2) is 4.60. The molecule has 0 aromatic rings. The minimum Gasteiger partial charge on any atom is -0.392 e. The van der Waals surface area contributed by atoms with Crippen molar-refractivity contribution in [3.8, 4) is 0 Å². The van der Waals surface area contributed by atoms with E-state index < -0.39 is 7.82 Å². The van der Waals surface area contributed by atoms with Gasteiger partial charge in [0, 0.05) is 0 Å². The van der Waals surface area contributed by atoms with E-state index in [0.29, 0.717) is 0 Å². The first-order valence-corrected chi connectivity index (χ1v) is 4.05. The summed E-state index contributed by atoms with van der Waals surface area (Å²) in [6.45, 7) is -0.352. The summed E-state index contributed by atoms with van der Waals surface area (Å²) in [6.07, 6.45) is 2.65. The first-order valence-electron chi connectivity index (χ1n) is 2.52. The zero-order valence-corrected chi connectivity index (χ0v) is 6.07. The topological polar surface area (TPSA) is 87.0 Å². The predicted molar refractivity (Wildman–Crippen MR) is 34.2 cm³/mol. The fourth-order valence-electron chi connectivity index (χ4n) is 0.283. The maximum absolute atomic E-state index is 9.97. The molecule has 0 amide bonds. The van der Waals surface area contributed by atoms with Crippen LogP contribution >= 0.6 is 7.82 Å². The van der Waals surface area contributed by atoms with E-state index in [1.54, 1.807) is 0 Å². The Morgan fingerprint density at radius 1 is 1.40 bits per heavy atom. The van der Waals surface area contributed by atoms with Gasteiger partial charge >= 0.3 is 7.82 Å². The van der Waals surface area contributed by atoms with Crippen LogP contribution in [0.1, 0.15) is 0 Å². The largest absolute Gasteiger partial charge is 0.469 e. The average molecular weight is 168 g/mol. The van der Waals surface area contributed by atoms with Gasteiger partial charge in [0.2, 0.25) is 0 Å². The van der Waals surface area contributed by atoms with E-state index in [1.165, 1.54) is 12.2 Å². The number of hydrogen-bond donors (Lipinski definition) is 3. The number of aliphatic hydroxyl groups excluding tert-OH is 1. The summed E-state index contributed by atoms with van der Waals surface area (Å²) >= 11 is 0. The van der Waals surface area contributed by atoms with E-state index in [2.05, 4.69) is 4.52 Å². The number of rotatable bonds is 4. The van der Waals surface area contributed by atoms with Crippen molar-refractivity contribution in [1.29, 1.82) is 0 Å². The lowest BCUT2D eigenvalue weighted by Gasteiger charge is -1.99. The molecular weight excluding hydrogens is 159 g/mol. The molecule has 0 aromatic heterocycles. The van der Waals surface area contributed by atoms with Crippen molar-refractivity contribution in [2.45, 2.75) is 0 Å². The molecule has 0 saturated carbocycles. The Labute approximate surface area is 58.2 Å². The van der Waals surface area contributed by atoms with Crippen molar-refractivity contribution < 1.29 is 24.0 Å². The standard InChI is InChI=1S/C4H9O5P/c5-3-1-2-4-9-10(6,7)8/h1-2,5H,3-4H2,(H2,6,7,8)/b2-1+. The molecule has 5 nitrogen and oxygen atoms in total. The number of phosphoric acid groups is 1. The third-order valence-corrected chi connectivity index (χ3v) is 1.10. The van der Waals surface area contributed by atoms with Crippen LogP contribution in [0.15, 0.2) is 12.2 Å². The third-order valence-electron chi connectivity index (χ3n) is 0.611. The highest BCUT2D eigenvalue weighted by atomic mass is 31.2. The summed E-state index contributed by atoms with van der Waals surface area (Å²) < 4.78 is 14.0. The van der Waals surface area contributed by atoms with Crippen LogP contribution in [-0.2, 0) is 9.09 Å². The highest BCUT2D eigenvalue weighted by molar-refractivity contribution is 7.46. The minimum atomic E-state index is -4.34. The maximum atomic E-state index is 9.97. The van der Waals surface area contributed by atoms with Crippen LogP contribution in [0.5, 0.6) is 0 Å². The fourth-order valence-corrected chi connectivity index (χ4v) is 0.563. The van der Waals surface area contributed by atoms with E-state index in [0.717, 1.165) is 0 Å². The number of hydrogen-bond acceptors (Lipinski definition) is 3. The molecule has 0 fully saturated rings. The maximum Gasteiger partial charge on any atom is 0.469 e. The zero-order valence-electron chi connectivity index (χ0n) is 5.17. The van der Waals surface area contributed by atoms with Crippen LogP contribution in [0.25, 0.3) is 0 Å². The van der Waals surface area contributed by atoms with E-state index in [-0.39, 0.29) is 13.2 Å². The Bertz CT molecular complexity index is 148. The number of aliphatic hydroxyl groups is 1. The van der Waals surface area contributed by atoms with Crippen molar-refractivity contribution in [3.63, 3.8) is 0 Å². The van der Waals surface area contributed by atoms with Crippen molar-refractivity contribution >= 4 is 7.82 Å². The Morgan fingerprint density at radius 2 is 2.00 bits per heavy atom. The molecule has 0 unspecified atom stereocenters. The SMILES string of the molecule is O=P(O)(O)OC/C=C/CO. The first kappa shape index (κ1) is 9.81. The Kier molecular flexibility index (Phi) is 4.51. The second-order valence-corrected chi connectivity index (χ2v) is 2.68. The Balaban J connectivity index is 3.38. The van der Waals surface area contributed by atoms with Gasteiger partial charge in [0.15, 0.2) is 0 Å². The van der Waals surface area contributed by atoms with Gasteiger partial charge in [-0.15, -0.1) is 0 Å². The van der Waals surface area contributed by atoms with Crippen molar-refractivity contribution in [2.24, 2.45) is 0 Å². The van der Waals surface area contributed by atoms with Gasteiger partial charge in [0.25, 0.3) is 0 Å². The molecule has 0 bridgehead atoms. The summed E-state index contributed by atoms with van der Waals surface area (Å²) in [5.74, 6) is 0. The molecule has 0 aliphatic rings. The van der Waals surface area contributed by atoms with E-state index >= 15 is 0 Å². The van der Waals surface area contributed by atoms with Crippen LogP contribution in [0.3, 0.4) is 0 Å². The van der Waals surface area contributed by atoms with Gasteiger partial charge in [-0.25, -0.2) is 4.57 Å². The van der Waals surface area contributed by atoms with E-state index in [1.807, 2.05) is 0 Å². The van der Waals surface area contributed by atoms with Gasteiger partial charge in [0.05, 0.1) is 13.2 Å². The zero-order chi connectivity index (χ0) is 8.04. The molecule has 0 aliphatic heterocycles. The molecule has 6 heteroatoms. The fraction of sp³-hybridized carbons (Fsp3) is 0.500. The first-order chi connectivity index (χ1) is 4.56. The molecule has 10 heavy (non-hydrogen) atoms. The highest BCUT2D eigenvalue weighted by Crippen LogP contribution is 2.35. The number of phosphoric ester groups is 1. The molecule has 0 atom stereocenters. The third kappa shape index (κ3) is 7.81. The molecule has 0 saturated heterocycles. The summed E-state index contributed by atoms with van der Waals surface area (Å²) in [6, 6.07) is 0. The normalized spacial score (nSPS) is 12.7. The molecule has 60 valence electrons. The summed E-state index contributed by atoms with van der Waals surface area (Å²) in [4.78, 5) is 16.2. The van der Waals surface area contributed by atoms with Crippen molar-refractivity contribution in [2.75, 3.05) is 13.2 Å². The molecule has 0 rings (SSSR count). The monoisotopic (exact) mass is 168 g/mol. The highest BCUT2D eigenvalue weighted by Gasteiger charge is 2.10. The van der Waals surface area contributed by atoms with Gasteiger partial charge < -0.3 is 14.9 Å². The average Bonchev–Trinajstić information content (AvgIpc) is 1.78. The van der Waals surface area contributed by atoms with Crippen LogP contribution in [0, 0.1) is 0 Å². The lowest BCUT2D eigenvalue weighted by atomic mass is 10.5. The molecule has 0 spiro atoms. The van der Waals surface area contributed by atoms with Crippen LogP contribution in [0.4, 0.5) is 0 Å².